The minimum atomic E-state index is -0.236. The molecule has 1 N–H and O–H groups in total. The summed E-state index contributed by atoms with van der Waals surface area (Å²) in [6.07, 6.45) is 0. The first-order valence-corrected chi connectivity index (χ1v) is 11.7. The van der Waals surface area contributed by atoms with Crippen LogP contribution >= 0.6 is 34.8 Å². The molecule has 0 aliphatic rings. The highest BCUT2D eigenvalue weighted by atomic mass is 35.5. The number of benzene rings is 3. The molecule has 5 nitrogen and oxygen atoms in total. The number of nitrogens with one attached hydrogen (secondary N) is 1. The van der Waals surface area contributed by atoms with Gasteiger partial charge < -0.3 is 10.1 Å². The summed E-state index contributed by atoms with van der Waals surface area (Å²) in [6.45, 7) is 4.76. The van der Waals surface area contributed by atoms with Crippen molar-refractivity contribution in [3.63, 3.8) is 0 Å². The van der Waals surface area contributed by atoms with E-state index in [0.717, 1.165) is 28.1 Å². The normalized spacial score (nSPS) is 10.9. The summed E-state index contributed by atoms with van der Waals surface area (Å²) in [4.78, 5) is 12.7. The lowest BCUT2D eigenvalue weighted by atomic mass is 10.1. The highest BCUT2D eigenvalue weighted by molar-refractivity contribution is 6.42. The first-order valence-electron chi connectivity index (χ1n) is 10.6. The van der Waals surface area contributed by atoms with Gasteiger partial charge in [-0.05, 0) is 73.0 Å². The molecule has 0 saturated carbocycles. The Balaban J connectivity index is 1.36. The number of aryl methyl sites for hydroxylation is 2. The van der Waals surface area contributed by atoms with Gasteiger partial charge in [0.25, 0.3) is 5.91 Å². The van der Waals surface area contributed by atoms with E-state index in [1.54, 1.807) is 22.9 Å². The Morgan fingerprint density at radius 3 is 2.29 bits per heavy atom. The van der Waals surface area contributed by atoms with Gasteiger partial charge in [0.05, 0.1) is 16.6 Å². The molecule has 1 aromatic heterocycles. The molecule has 0 fully saturated rings. The number of hydrogen-bond donors (Lipinski definition) is 1. The molecule has 3 aromatic carbocycles. The van der Waals surface area contributed by atoms with Crippen molar-refractivity contribution in [1.82, 2.24) is 9.78 Å². The van der Waals surface area contributed by atoms with Gasteiger partial charge in [0.15, 0.2) is 5.82 Å². The zero-order valence-electron chi connectivity index (χ0n) is 18.6. The van der Waals surface area contributed by atoms with E-state index >= 15 is 0 Å². The van der Waals surface area contributed by atoms with E-state index in [-0.39, 0.29) is 5.91 Å². The van der Waals surface area contributed by atoms with Crippen molar-refractivity contribution in [2.75, 3.05) is 5.32 Å². The van der Waals surface area contributed by atoms with E-state index in [0.29, 0.717) is 39.6 Å². The summed E-state index contributed by atoms with van der Waals surface area (Å²) < 4.78 is 7.61. The van der Waals surface area contributed by atoms with Gasteiger partial charge in [-0.3, -0.25) is 9.48 Å². The van der Waals surface area contributed by atoms with Crippen molar-refractivity contribution in [2.45, 2.75) is 27.0 Å². The molecule has 4 aromatic rings. The third kappa shape index (κ3) is 5.92. The van der Waals surface area contributed by atoms with Crippen molar-refractivity contribution in [1.29, 1.82) is 0 Å². The van der Waals surface area contributed by atoms with Gasteiger partial charge in [-0.2, -0.15) is 5.10 Å². The highest BCUT2D eigenvalue weighted by Crippen LogP contribution is 2.24. The van der Waals surface area contributed by atoms with Crippen LogP contribution in [0.25, 0.3) is 0 Å². The number of carbonyl (C=O) groups excluding carboxylic acids is 1. The maximum Gasteiger partial charge on any atom is 0.256 e. The molecule has 0 radical (unpaired) electrons. The predicted molar refractivity (Wildman–Crippen MR) is 137 cm³/mol. The molecule has 0 aliphatic carbocycles. The van der Waals surface area contributed by atoms with Crippen LogP contribution in [0.15, 0.2) is 66.7 Å². The smallest absolute Gasteiger partial charge is 0.256 e. The van der Waals surface area contributed by atoms with Crippen molar-refractivity contribution >= 4 is 46.5 Å². The molecule has 0 atom stereocenters. The quantitative estimate of drug-likeness (QED) is 0.281. The highest BCUT2D eigenvalue weighted by Gasteiger charge is 2.11. The predicted octanol–water partition coefficient (Wildman–Crippen LogP) is 7.34. The summed E-state index contributed by atoms with van der Waals surface area (Å²) in [6, 6.07) is 20.1. The van der Waals surface area contributed by atoms with Crippen LogP contribution in [0.2, 0.25) is 15.1 Å². The molecule has 4 rings (SSSR count). The molecule has 0 bridgehead atoms. The lowest BCUT2D eigenvalue weighted by Crippen LogP contribution is -2.13. The Labute approximate surface area is 213 Å². The number of amides is 1. The van der Waals surface area contributed by atoms with E-state index < -0.39 is 0 Å². The van der Waals surface area contributed by atoms with Crippen LogP contribution in [-0.4, -0.2) is 15.7 Å². The average molecular weight is 515 g/mol. The summed E-state index contributed by atoms with van der Waals surface area (Å²) in [5.74, 6) is 0.989. The zero-order valence-corrected chi connectivity index (χ0v) is 20.9. The van der Waals surface area contributed by atoms with Crippen LogP contribution in [0, 0.1) is 13.8 Å². The number of carbonyl (C=O) groups is 1. The fourth-order valence-corrected chi connectivity index (χ4v) is 3.79. The molecule has 174 valence electrons. The Morgan fingerprint density at radius 2 is 1.59 bits per heavy atom. The lowest BCUT2D eigenvalue weighted by Gasteiger charge is -2.09. The van der Waals surface area contributed by atoms with Crippen molar-refractivity contribution in [3.8, 4) is 5.75 Å². The Hall–Kier alpha value is -2.99. The van der Waals surface area contributed by atoms with Crippen molar-refractivity contribution in [2.24, 2.45) is 0 Å². The second kappa shape index (κ2) is 10.5. The number of halogens is 3. The number of nitrogens with zero attached hydrogens (tertiary/aromatic N) is 2. The lowest BCUT2D eigenvalue weighted by molar-refractivity contribution is 0.102. The topological polar surface area (TPSA) is 56.1 Å². The number of hydrogen-bond acceptors (Lipinski definition) is 3. The van der Waals surface area contributed by atoms with Gasteiger partial charge in [-0.1, -0.05) is 53.0 Å². The van der Waals surface area contributed by atoms with Gasteiger partial charge >= 0.3 is 0 Å². The maximum atomic E-state index is 12.7. The minimum absolute atomic E-state index is 0.236. The van der Waals surface area contributed by atoms with Crippen molar-refractivity contribution in [3.05, 3.63) is 110 Å². The number of anilines is 1. The van der Waals surface area contributed by atoms with Gasteiger partial charge in [0, 0.05) is 22.3 Å². The first-order chi connectivity index (χ1) is 16.3. The summed E-state index contributed by atoms with van der Waals surface area (Å²) in [5.41, 5.74) is 4.31. The van der Waals surface area contributed by atoms with E-state index in [4.69, 9.17) is 39.5 Å². The van der Waals surface area contributed by atoms with Crippen LogP contribution in [0.3, 0.4) is 0 Å². The number of rotatable bonds is 7. The Bertz CT molecular complexity index is 1330. The van der Waals surface area contributed by atoms with Crippen LogP contribution in [0.5, 0.6) is 5.75 Å². The van der Waals surface area contributed by atoms with Crippen molar-refractivity contribution < 1.29 is 9.53 Å². The Kier molecular flexibility index (Phi) is 7.47. The molecule has 0 aliphatic heterocycles. The minimum Gasteiger partial charge on any atom is -0.489 e. The molecule has 0 unspecified atom stereocenters. The summed E-state index contributed by atoms with van der Waals surface area (Å²) >= 11 is 18.1. The summed E-state index contributed by atoms with van der Waals surface area (Å²) in [7, 11) is 0. The van der Waals surface area contributed by atoms with Crippen LogP contribution in [0.1, 0.15) is 32.7 Å². The monoisotopic (exact) mass is 513 g/mol. The number of aromatic nitrogens is 2. The van der Waals surface area contributed by atoms with Gasteiger partial charge in [0.1, 0.15) is 12.4 Å². The SMILES string of the molecule is Cc1cc(OCc2ccc(C(=O)Nc3cc(C)n(Cc4ccc(Cl)c(Cl)c4)n3)cc2)ccc1Cl. The standard InChI is InChI=1S/C26H22Cl3N3O2/c1-16-11-21(8-10-22(16)27)34-15-18-3-6-20(7-4-18)26(33)30-25-12-17(2)32(31-25)14-19-5-9-23(28)24(29)13-19/h3-13H,14-15H2,1-2H3,(H,30,31,33). The molecule has 34 heavy (non-hydrogen) atoms. The van der Waals surface area contributed by atoms with Gasteiger partial charge in [-0.25, -0.2) is 0 Å². The molecule has 1 heterocycles. The molecular weight excluding hydrogens is 493 g/mol. The molecule has 0 spiro atoms. The third-order valence-corrected chi connectivity index (χ3v) is 6.45. The maximum absolute atomic E-state index is 12.7. The average Bonchev–Trinajstić information content (AvgIpc) is 3.15. The number of ether oxygens (including phenoxy) is 1. The second-order valence-corrected chi connectivity index (χ2v) is 9.15. The van der Waals surface area contributed by atoms with Gasteiger partial charge in [-0.15, -0.1) is 0 Å². The van der Waals surface area contributed by atoms with E-state index in [9.17, 15) is 4.79 Å². The fraction of sp³-hybridized carbons (Fsp3) is 0.154. The summed E-state index contributed by atoms with van der Waals surface area (Å²) in [5, 5.41) is 9.06. The van der Waals surface area contributed by atoms with Crippen LogP contribution in [-0.2, 0) is 13.2 Å². The third-order valence-electron chi connectivity index (χ3n) is 5.29. The fourth-order valence-electron chi connectivity index (χ4n) is 3.36. The largest absolute Gasteiger partial charge is 0.489 e. The molecule has 0 saturated heterocycles. The Morgan fingerprint density at radius 1 is 0.882 bits per heavy atom. The van der Waals surface area contributed by atoms with Crippen LogP contribution < -0.4 is 10.1 Å². The second-order valence-electron chi connectivity index (χ2n) is 7.93. The zero-order chi connectivity index (χ0) is 24.2. The van der Waals surface area contributed by atoms with E-state index in [1.165, 1.54) is 0 Å². The van der Waals surface area contributed by atoms with Crippen LogP contribution in [0.4, 0.5) is 5.82 Å². The van der Waals surface area contributed by atoms with Gasteiger partial charge in [0.2, 0.25) is 0 Å². The molecular formula is C26H22Cl3N3O2. The molecule has 1 amide bonds. The molecule has 8 heteroatoms. The van der Waals surface area contributed by atoms with E-state index in [2.05, 4.69) is 10.4 Å². The first kappa shape index (κ1) is 24.1. The van der Waals surface area contributed by atoms with E-state index in [1.807, 2.05) is 62.4 Å².